The summed E-state index contributed by atoms with van der Waals surface area (Å²) >= 11 is 5.80. The first-order chi connectivity index (χ1) is 9.20. The Balaban J connectivity index is 1.92. The van der Waals surface area contributed by atoms with E-state index in [1.54, 1.807) is 24.1 Å². The number of para-hydroxylation sites is 1. The van der Waals surface area contributed by atoms with Crippen LogP contribution in [0.1, 0.15) is 5.56 Å². The van der Waals surface area contributed by atoms with Crippen molar-refractivity contribution in [3.05, 3.63) is 47.5 Å². The van der Waals surface area contributed by atoms with E-state index < -0.39 is 0 Å². The molecule has 0 atom stereocenters. The number of benzene rings is 1. The highest BCUT2D eigenvalue weighted by atomic mass is 35.5. The van der Waals surface area contributed by atoms with Gasteiger partial charge in [0.05, 0.1) is 7.11 Å². The van der Waals surface area contributed by atoms with Gasteiger partial charge in [0.15, 0.2) is 0 Å². The molecule has 5 nitrogen and oxygen atoms in total. The van der Waals surface area contributed by atoms with E-state index in [0.29, 0.717) is 11.8 Å². The molecule has 1 N–H and O–H groups in total. The summed E-state index contributed by atoms with van der Waals surface area (Å²) in [6, 6.07) is 7.55. The fourth-order valence-electron chi connectivity index (χ4n) is 1.68. The molecule has 1 aromatic heterocycles. The molecule has 0 saturated carbocycles. The lowest BCUT2D eigenvalue weighted by Gasteiger charge is -2.10. The molecule has 6 heteroatoms. The summed E-state index contributed by atoms with van der Waals surface area (Å²) < 4.78 is 6.78. The predicted octanol–water partition coefficient (Wildman–Crippen LogP) is 1.86. The molecule has 0 aliphatic rings. The molecular weight excluding hydrogens is 266 g/mol. The van der Waals surface area contributed by atoms with Crippen LogP contribution in [0, 0.1) is 0 Å². The number of hydrogen-bond donors (Lipinski definition) is 1. The summed E-state index contributed by atoms with van der Waals surface area (Å²) in [7, 11) is 1.60. The second kappa shape index (κ2) is 6.24. The van der Waals surface area contributed by atoms with E-state index in [0.717, 1.165) is 11.3 Å². The monoisotopic (exact) mass is 279 g/mol. The summed E-state index contributed by atoms with van der Waals surface area (Å²) in [5, 5.41) is 3.11. The van der Waals surface area contributed by atoms with E-state index in [2.05, 4.69) is 10.3 Å². The van der Waals surface area contributed by atoms with Crippen molar-refractivity contribution in [1.82, 2.24) is 14.9 Å². The van der Waals surface area contributed by atoms with Gasteiger partial charge in [-0.05, 0) is 17.7 Å². The minimum atomic E-state index is -0.134. The predicted molar refractivity (Wildman–Crippen MR) is 72.1 cm³/mol. The summed E-state index contributed by atoms with van der Waals surface area (Å²) in [6.07, 6.45) is 3.21. The molecule has 0 spiro atoms. The quantitative estimate of drug-likeness (QED) is 0.909. The molecule has 2 rings (SSSR count). The number of aromatic nitrogens is 2. The summed E-state index contributed by atoms with van der Waals surface area (Å²) in [6.45, 7) is 0.559. The number of rotatable bonds is 5. The van der Waals surface area contributed by atoms with Gasteiger partial charge in [-0.1, -0.05) is 18.2 Å². The van der Waals surface area contributed by atoms with E-state index in [1.807, 2.05) is 24.3 Å². The summed E-state index contributed by atoms with van der Waals surface area (Å²) in [4.78, 5) is 15.6. The van der Waals surface area contributed by atoms with Crippen LogP contribution in [0.4, 0.5) is 0 Å². The van der Waals surface area contributed by atoms with Crippen molar-refractivity contribution in [2.45, 2.75) is 13.1 Å². The third-order valence-electron chi connectivity index (χ3n) is 2.65. The maximum Gasteiger partial charge on any atom is 0.240 e. The van der Waals surface area contributed by atoms with Crippen LogP contribution in [0.25, 0.3) is 0 Å². The number of ether oxygens (including phenoxy) is 1. The minimum Gasteiger partial charge on any atom is -0.496 e. The minimum absolute atomic E-state index is 0.134. The first kappa shape index (κ1) is 13.4. The number of carbonyl (C=O) groups is 1. The van der Waals surface area contributed by atoms with E-state index in [9.17, 15) is 4.79 Å². The van der Waals surface area contributed by atoms with Crippen LogP contribution >= 0.6 is 11.6 Å². The molecule has 1 heterocycles. The molecule has 2 aromatic rings. The Morgan fingerprint density at radius 2 is 2.26 bits per heavy atom. The van der Waals surface area contributed by atoms with Crippen molar-refractivity contribution in [1.29, 1.82) is 0 Å². The SMILES string of the molecule is COc1ccccc1CNC(=O)Cn1ccnc1Cl. The van der Waals surface area contributed by atoms with Gasteiger partial charge < -0.3 is 14.6 Å². The van der Waals surface area contributed by atoms with Crippen LogP contribution in [0.15, 0.2) is 36.7 Å². The zero-order valence-corrected chi connectivity index (χ0v) is 11.2. The summed E-state index contributed by atoms with van der Waals surface area (Å²) in [5.41, 5.74) is 0.926. The van der Waals surface area contributed by atoms with Crippen LogP contribution in [0.5, 0.6) is 5.75 Å². The molecule has 1 aromatic carbocycles. The fraction of sp³-hybridized carbons (Fsp3) is 0.231. The van der Waals surface area contributed by atoms with Gasteiger partial charge in [0.1, 0.15) is 12.3 Å². The Bertz CT molecular complexity index is 569. The zero-order chi connectivity index (χ0) is 13.7. The van der Waals surface area contributed by atoms with Crippen LogP contribution in [0.3, 0.4) is 0 Å². The van der Waals surface area contributed by atoms with Crippen LogP contribution < -0.4 is 10.1 Å². The third kappa shape index (κ3) is 3.48. The Hall–Kier alpha value is -2.01. The molecule has 0 aliphatic carbocycles. The average molecular weight is 280 g/mol. The number of halogens is 1. The number of imidazole rings is 1. The second-order valence-electron chi connectivity index (χ2n) is 3.91. The first-order valence-corrected chi connectivity index (χ1v) is 6.13. The highest BCUT2D eigenvalue weighted by molar-refractivity contribution is 6.28. The Morgan fingerprint density at radius 1 is 1.47 bits per heavy atom. The fourth-order valence-corrected chi connectivity index (χ4v) is 1.85. The van der Waals surface area contributed by atoms with Crippen molar-refractivity contribution in [2.75, 3.05) is 7.11 Å². The van der Waals surface area contributed by atoms with Crippen LogP contribution in [-0.2, 0) is 17.9 Å². The largest absolute Gasteiger partial charge is 0.496 e. The molecule has 0 aliphatic heterocycles. The Labute approximate surface area is 116 Å². The van der Waals surface area contributed by atoms with E-state index >= 15 is 0 Å². The van der Waals surface area contributed by atoms with Crippen molar-refractivity contribution < 1.29 is 9.53 Å². The molecule has 0 fully saturated rings. The van der Waals surface area contributed by atoms with Gasteiger partial charge in [0.2, 0.25) is 11.2 Å². The van der Waals surface area contributed by atoms with Gasteiger partial charge in [-0.25, -0.2) is 4.98 Å². The van der Waals surface area contributed by atoms with Crippen LogP contribution in [-0.4, -0.2) is 22.6 Å². The Kier molecular flexibility index (Phi) is 4.41. The zero-order valence-electron chi connectivity index (χ0n) is 10.5. The average Bonchev–Trinajstić information content (AvgIpc) is 2.82. The van der Waals surface area contributed by atoms with E-state index in [1.165, 1.54) is 0 Å². The number of nitrogens with zero attached hydrogens (tertiary/aromatic N) is 2. The molecule has 0 unspecified atom stereocenters. The summed E-state index contributed by atoms with van der Waals surface area (Å²) in [5.74, 6) is 0.620. The van der Waals surface area contributed by atoms with Crippen LogP contribution in [0.2, 0.25) is 5.28 Å². The van der Waals surface area contributed by atoms with E-state index in [-0.39, 0.29) is 12.5 Å². The van der Waals surface area contributed by atoms with Gasteiger partial charge >= 0.3 is 0 Å². The Morgan fingerprint density at radius 3 is 2.95 bits per heavy atom. The molecule has 0 saturated heterocycles. The number of carbonyl (C=O) groups excluding carboxylic acids is 1. The molecular formula is C13H14ClN3O2. The smallest absolute Gasteiger partial charge is 0.240 e. The van der Waals surface area contributed by atoms with Gasteiger partial charge in [-0.3, -0.25) is 4.79 Å². The molecule has 0 bridgehead atoms. The number of methoxy groups -OCH3 is 1. The topological polar surface area (TPSA) is 56.1 Å². The standard InChI is InChI=1S/C13H14ClN3O2/c1-19-11-5-3-2-4-10(11)8-16-12(18)9-17-7-6-15-13(17)14/h2-7H,8-9H2,1H3,(H,16,18). The second-order valence-corrected chi connectivity index (χ2v) is 4.25. The van der Waals surface area contributed by atoms with Crippen molar-refractivity contribution in [3.63, 3.8) is 0 Å². The maximum atomic E-state index is 11.8. The molecule has 1 amide bonds. The molecule has 100 valence electrons. The van der Waals surface area contributed by atoms with E-state index in [4.69, 9.17) is 16.3 Å². The van der Waals surface area contributed by atoms with Crippen molar-refractivity contribution >= 4 is 17.5 Å². The molecule has 0 radical (unpaired) electrons. The lowest BCUT2D eigenvalue weighted by molar-refractivity contribution is -0.121. The molecule has 19 heavy (non-hydrogen) atoms. The lowest BCUT2D eigenvalue weighted by atomic mass is 10.2. The van der Waals surface area contributed by atoms with Gasteiger partial charge in [0.25, 0.3) is 0 Å². The maximum absolute atomic E-state index is 11.8. The van der Waals surface area contributed by atoms with Gasteiger partial charge in [-0.2, -0.15) is 0 Å². The van der Waals surface area contributed by atoms with Gasteiger partial charge in [-0.15, -0.1) is 0 Å². The lowest BCUT2D eigenvalue weighted by Crippen LogP contribution is -2.27. The number of nitrogens with one attached hydrogen (secondary N) is 1. The van der Waals surface area contributed by atoms with Crippen molar-refractivity contribution in [3.8, 4) is 5.75 Å². The number of amides is 1. The third-order valence-corrected chi connectivity index (χ3v) is 2.96. The first-order valence-electron chi connectivity index (χ1n) is 5.76. The highest BCUT2D eigenvalue weighted by Crippen LogP contribution is 2.16. The highest BCUT2D eigenvalue weighted by Gasteiger charge is 2.07. The number of hydrogen-bond acceptors (Lipinski definition) is 3. The van der Waals surface area contributed by atoms with Gasteiger partial charge in [0, 0.05) is 24.5 Å². The van der Waals surface area contributed by atoms with Crippen molar-refractivity contribution in [2.24, 2.45) is 0 Å². The normalized spacial score (nSPS) is 10.2.